The van der Waals surface area contributed by atoms with E-state index in [0.717, 1.165) is 6.61 Å². The predicted molar refractivity (Wildman–Crippen MR) is 50.0 cm³/mol. The van der Waals surface area contributed by atoms with Crippen molar-refractivity contribution in [2.45, 2.75) is 38.7 Å². The summed E-state index contributed by atoms with van der Waals surface area (Å²) in [6.45, 7) is 5.05. The van der Waals surface area contributed by atoms with Gasteiger partial charge in [0, 0.05) is 0 Å². The second-order valence-electron chi connectivity index (χ2n) is 3.65. The van der Waals surface area contributed by atoms with Crippen LogP contribution in [-0.2, 0) is 4.74 Å². The topological polar surface area (TPSA) is 9.23 Å². The molecule has 1 heterocycles. The fraction of sp³-hybridized carbons (Fsp3) is 0.636. The van der Waals surface area contributed by atoms with Gasteiger partial charge in [0.2, 0.25) is 0 Å². The molecular formula is C11H16O. The largest absolute Gasteiger partial charge is 0.366 e. The first-order valence-electron chi connectivity index (χ1n) is 4.79. The van der Waals surface area contributed by atoms with Crippen molar-refractivity contribution in [3.8, 4) is 0 Å². The Hall–Kier alpha value is -0.560. The van der Waals surface area contributed by atoms with Crippen molar-refractivity contribution in [3.63, 3.8) is 0 Å². The fourth-order valence-corrected chi connectivity index (χ4v) is 2.26. The maximum absolute atomic E-state index is 5.85. The Balaban J connectivity index is 2.31. The Kier molecular flexibility index (Phi) is 1.84. The van der Waals surface area contributed by atoms with Crippen LogP contribution >= 0.6 is 0 Å². The predicted octanol–water partition coefficient (Wildman–Crippen LogP) is 2.83. The zero-order valence-corrected chi connectivity index (χ0v) is 7.89. The van der Waals surface area contributed by atoms with E-state index in [9.17, 15) is 0 Å². The van der Waals surface area contributed by atoms with Crippen molar-refractivity contribution >= 4 is 0 Å². The minimum atomic E-state index is 0.149. The molecule has 0 bridgehead atoms. The van der Waals surface area contributed by atoms with Crippen molar-refractivity contribution in [2.24, 2.45) is 0 Å². The molecule has 66 valence electrons. The molecule has 2 rings (SSSR count). The molecule has 0 aromatic heterocycles. The van der Waals surface area contributed by atoms with E-state index in [1.807, 2.05) is 0 Å². The van der Waals surface area contributed by atoms with Gasteiger partial charge in [-0.2, -0.15) is 0 Å². The van der Waals surface area contributed by atoms with Crippen LogP contribution in [0.25, 0.3) is 0 Å². The molecule has 0 unspecified atom stereocenters. The molecule has 0 aromatic rings. The second kappa shape index (κ2) is 2.74. The zero-order valence-electron chi connectivity index (χ0n) is 7.89. The third-order valence-corrected chi connectivity index (χ3v) is 3.14. The molecule has 12 heavy (non-hydrogen) atoms. The van der Waals surface area contributed by atoms with E-state index in [1.165, 1.54) is 30.4 Å². The zero-order chi connectivity index (χ0) is 8.60. The first kappa shape index (κ1) is 8.06. The fourth-order valence-electron chi connectivity index (χ4n) is 2.26. The van der Waals surface area contributed by atoms with Gasteiger partial charge >= 0.3 is 0 Å². The van der Waals surface area contributed by atoms with Crippen LogP contribution in [0.1, 0.15) is 33.1 Å². The maximum atomic E-state index is 5.85. The van der Waals surface area contributed by atoms with E-state index >= 15 is 0 Å². The molecule has 2 fully saturated rings. The van der Waals surface area contributed by atoms with E-state index in [4.69, 9.17) is 4.74 Å². The van der Waals surface area contributed by atoms with E-state index in [2.05, 4.69) is 26.0 Å². The summed E-state index contributed by atoms with van der Waals surface area (Å²) in [7, 11) is 0. The summed E-state index contributed by atoms with van der Waals surface area (Å²) in [6.07, 6.45) is 8.19. The van der Waals surface area contributed by atoms with Crippen molar-refractivity contribution in [1.29, 1.82) is 0 Å². The molecule has 0 radical (unpaired) electrons. The number of rotatable bonds is 0. The molecular weight excluding hydrogens is 148 g/mol. The SMILES string of the molecule is CC=C1COC2(CCC2)C1=CC. The van der Waals surface area contributed by atoms with E-state index in [0.29, 0.717) is 0 Å². The normalized spacial score (nSPS) is 33.2. The summed E-state index contributed by atoms with van der Waals surface area (Å²) < 4.78 is 5.85. The highest BCUT2D eigenvalue weighted by Crippen LogP contribution is 2.48. The van der Waals surface area contributed by atoms with Gasteiger partial charge in [-0.3, -0.25) is 0 Å². The molecule has 1 saturated carbocycles. The summed E-state index contributed by atoms with van der Waals surface area (Å²) >= 11 is 0. The highest BCUT2D eigenvalue weighted by atomic mass is 16.5. The van der Waals surface area contributed by atoms with Gasteiger partial charge in [-0.15, -0.1) is 0 Å². The van der Waals surface area contributed by atoms with E-state index < -0.39 is 0 Å². The highest BCUT2D eigenvalue weighted by molar-refractivity contribution is 5.43. The van der Waals surface area contributed by atoms with Gasteiger partial charge in [0.25, 0.3) is 0 Å². The van der Waals surface area contributed by atoms with Crippen LogP contribution in [0.4, 0.5) is 0 Å². The van der Waals surface area contributed by atoms with Crippen LogP contribution < -0.4 is 0 Å². The lowest BCUT2D eigenvalue weighted by Crippen LogP contribution is -2.37. The summed E-state index contributed by atoms with van der Waals surface area (Å²) in [4.78, 5) is 0. The van der Waals surface area contributed by atoms with Crippen LogP contribution in [0.15, 0.2) is 23.3 Å². The van der Waals surface area contributed by atoms with Crippen LogP contribution in [0.5, 0.6) is 0 Å². The molecule has 1 saturated heterocycles. The van der Waals surface area contributed by atoms with Gasteiger partial charge in [0.15, 0.2) is 0 Å². The van der Waals surface area contributed by atoms with Gasteiger partial charge in [0.1, 0.15) is 0 Å². The monoisotopic (exact) mass is 164 g/mol. The summed E-state index contributed by atoms with van der Waals surface area (Å²) in [5.41, 5.74) is 3.00. The Morgan fingerprint density at radius 1 is 1.25 bits per heavy atom. The molecule has 0 amide bonds. The molecule has 2 aliphatic rings. The first-order valence-corrected chi connectivity index (χ1v) is 4.79. The van der Waals surface area contributed by atoms with Gasteiger partial charge in [-0.1, -0.05) is 12.2 Å². The standard InChI is InChI=1S/C11H16O/c1-3-9-8-12-11(6-5-7-11)10(9)4-2/h3-4H,5-8H2,1-2H3. The lowest BCUT2D eigenvalue weighted by atomic mass is 9.74. The second-order valence-corrected chi connectivity index (χ2v) is 3.65. The molecule has 1 heteroatoms. The lowest BCUT2D eigenvalue weighted by molar-refractivity contribution is -0.0332. The number of hydrogen-bond acceptors (Lipinski definition) is 1. The molecule has 1 aliphatic carbocycles. The number of ether oxygens (including phenoxy) is 1. The van der Waals surface area contributed by atoms with E-state index in [-0.39, 0.29) is 5.60 Å². The Morgan fingerprint density at radius 3 is 2.42 bits per heavy atom. The maximum Gasteiger partial charge on any atom is 0.0936 e. The summed E-state index contributed by atoms with van der Waals surface area (Å²) in [6, 6.07) is 0. The van der Waals surface area contributed by atoms with Gasteiger partial charge < -0.3 is 4.74 Å². The highest BCUT2D eigenvalue weighted by Gasteiger charge is 2.46. The van der Waals surface area contributed by atoms with Crippen molar-refractivity contribution in [2.75, 3.05) is 6.61 Å². The third kappa shape index (κ3) is 0.893. The van der Waals surface area contributed by atoms with Crippen LogP contribution in [0, 0.1) is 0 Å². The van der Waals surface area contributed by atoms with Crippen LogP contribution in [0.3, 0.4) is 0 Å². The Morgan fingerprint density at radius 2 is 2.00 bits per heavy atom. The molecule has 0 N–H and O–H groups in total. The molecule has 0 atom stereocenters. The summed E-state index contributed by atoms with van der Waals surface area (Å²) in [5, 5.41) is 0. The number of allylic oxidation sites excluding steroid dienone is 2. The lowest BCUT2D eigenvalue weighted by Gasteiger charge is -2.38. The van der Waals surface area contributed by atoms with Gasteiger partial charge in [0.05, 0.1) is 12.2 Å². The van der Waals surface area contributed by atoms with Crippen molar-refractivity contribution in [3.05, 3.63) is 23.3 Å². The van der Waals surface area contributed by atoms with E-state index in [1.54, 1.807) is 0 Å². The average Bonchev–Trinajstić information content (AvgIpc) is 2.40. The summed E-state index contributed by atoms with van der Waals surface area (Å²) in [5.74, 6) is 0. The number of hydrogen-bond donors (Lipinski definition) is 0. The molecule has 1 nitrogen and oxygen atoms in total. The molecule has 1 spiro atoms. The van der Waals surface area contributed by atoms with Crippen LogP contribution in [-0.4, -0.2) is 12.2 Å². The Bertz CT molecular complexity index is 244. The smallest absolute Gasteiger partial charge is 0.0936 e. The van der Waals surface area contributed by atoms with Gasteiger partial charge in [-0.25, -0.2) is 0 Å². The Labute approximate surface area is 74.1 Å². The minimum absolute atomic E-state index is 0.149. The minimum Gasteiger partial charge on any atom is -0.366 e. The average molecular weight is 164 g/mol. The third-order valence-electron chi connectivity index (χ3n) is 3.14. The van der Waals surface area contributed by atoms with Gasteiger partial charge in [-0.05, 0) is 44.3 Å². The van der Waals surface area contributed by atoms with Crippen molar-refractivity contribution < 1.29 is 4.74 Å². The quantitative estimate of drug-likeness (QED) is 0.535. The van der Waals surface area contributed by atoms with Crippen LogP contribution in [0.2, 0.25) is 0 Å². The molecule has 0 aromatic carbocycles. The molecule has 1 aliphatic heterocycles. The van der Waals surface area contributed by atoms with Crippen molar-refractivity contribution in [1.82, 2.24) is 0 Å². The first-order chi connectivity index (χ1) is 5.82.